The Labute approximate surface area is 223 Å². The van der Waals surface area contributed by atoms with E-state index in [0.29, 0.717) is 27.1 Å². The number of nitrogens with zero attached hydrogens (tertiary/aromatic N) is 2. The van der Waals surface area contributed by atoms with Gasteiger partial charge < -0.3 is 9.47 Å². The van der Waals surface area contributed by atoms with Crippen molar-refractivity contribution in [1.82, 2.24) is 5.32 Å². The highest BCUT2D eigenvalue weighted by atomic mass is 79.9. The summed E-state index contributed by atoms with van der Waals surface area (Å²) >= 11 is 8.53. The predicted octanol–water partition coefficient (Wildman–Crippen LogP) is 4.92. The number of rotatable bonds is 7. The first-order valence-corrected chi connectivity index (χ1v) is 11.8. The molecule has 1 fully saturated rings. The molecule has 0 atom stereocenters. The summed E-state index contributed by atoms with van der Waals surface area (Å²) < 4.78 is 26.1. The summed E-state index contributed by atoms with van der Waals surface area (Å²) in [4.78, 5) is 37.1. The van der Waals surface area contributed by atoms with E-state index in [1.165, 1.54) is 43.5 Å². The monoisotopic (exact) mass is 585 g/mol. The van der Waals surface area contributed by atoms with E-state index in [2.05, 4.69) is 21.2 Å². The van der Waals surface area contributed by atoms with E-state index in [9.17, 15) is 24.1 Å². The fraction of sp³-hybridized carbons (Fsp3) is 0.0800. The Balaban J connectivity index is 1.62. The number of para-hydroxylation sites is 1. The van der Waals surface area contributed by atoms with Gasteiger partial charge in [0.1, 0.15) is 18.0 Å². The Bertz CT molecular complexity index is 1460. The van der Waals surface area contributed by atoms with E-state index in [1.54, 1.807) is 30.3 Å². The first kappa shape index (κ1) is 25.9. The second kappa shape index (κ2) is 10.8. The second-order valence-corrected chi connectivity index (χ2v) is 8.89. The van der Waals surface area contributed by atoms with Gasteiger partial charge in [0, 0.05) is 16.6 Å². The van der Waals surface area contributed by atoms with E-state index in [0.717, 1.165) is 4.90 Å². The molecule has 12 heteroatoms. The Morgan fingerprint density at radius 2 is 1.84 bits per heavy atom. The average Bonchev–Trinajstić information content (AvgIpc) is 2.87. The number of thiocarbonyl (C=S) groups is 1. The largest absolute Gasteiger partial charge is 0.493 e. The van der Waals surface area contributed by atoms with Gasteiger partial charge in [0.2, 0.25) is 0 Å². The summed E-state index contributed by atoms with van der Waals surface area (Å²) in [5.41, 5.74) is 0.731. The van der Waals surface area contributed by atoms with Gasteiger partial charge in [0.05, 0.1) is 17.7 Å². The highest BCUT2D eigenvalue weighted by Crippen LogP contribution is 2.36. The molecule has 4 rings (SSSR count). The lowest BCUT2D eigenvalue weighted by Gasteiger charge is -2.29. The van der Waals surface area contributed by atoms with Crippen LogP contribution in [0, 0.1) is 15.9 Å². The van der Waals surface area contributed by atoms with Crippen LogP contribution in [0.2, 0.25) is 0 Å². The zero-order chi connectivity index (χ0) is 26.7. The number of nitro groups is 1. The molecule has 0 aromatic heterocycles. The summed E-state index contributed by atoms with van der Waals surface area (Å²) in [5.74, 6) is -1.54. The van der Waals surface area contributed by atoms with Crippen LogP contribution in [0.3, 0.4) is 0 Å². The van der Waals surface area contributed by atoms with Crippen LogP contribution in [0.25, 0.3) is 6.08 Å². The SMILES string of the molecule is COc1cc(/C=C2\C(=O)NC(=S)N(c3ccccc3F)C2=O)c(Br)cc1OCc1ccc([N+](=O)[O-])cc1. The van der Waals surface area contributed by atoms with E-state index in [1.807, 2.05) is 0 Å². The van der Waals surface area contributed by atoms with Gasteiger partial charge in [-0.2, -0.15) is 0 Å². The quantitative estimate of drug-likeness (QED) is 0.138. The van der Waals surface area contributed by atoms with E-state index >= 15 is 0 Å². The molecule has 1 aliphatic heterocycles. The van der Waals surface area contributed by atoms with Gasteiger partial charge in [0.25, 0.3) is 17.5 Å². The normalized spacial score (nSPS) is 14.5. The number of ether oxygens (including phenoxy) is 2. The number of nitrogens with one attached hydrogen (secondary N) is 1. The number of non-ortho nitro benzene ring substituents is 1. The van der Waals surface area contributed by atoms with E-state index in [4.69, 9.17) is 21.7 Å². The Morgan fingerprint density at radius 1 is 1.14 bits per heavy atom. The van der Waals surface area contributed by atoms with Gasteiger partial charge in [-0.3, -0.25) is 25.0 Å². The number of carbonyl (C=O) groups is 2. The van der Waals surface area contributed by atoms with Crippen LogP contribution in [0.4, 0.5) is 15.8 Å². The zero-order valence-corrected chi connectivity index (χ0v) is 21.5. The lowest BCUT2D eigenvalue weighted by atomic mass is 10.1. The van der Waals surface area contributed by atoms with Gasteiger partial charge in [0.15, 0.2) is 16.6 Å². The third kappa shape index (κ3) is 5.49. The Hall–Kier alpha value is -4.16. The molecule has 3 aromatic carbocycles. The highest BCUT2D eigenvalue weighted by Gasteiger charge is 2.35. The molecule has 1 N–H and O–H groups in total. The fourth-order valence-electron chi connectivity index (χ4n) is 3.47. The number of benzene rings is 3. The van der Waals surface area contributed by atoms with Crippen LogP contribution in [0.15, 0.2) is 70.7 Å². The number of amides is 2. The molecular formula is C25H17BrFN3O6S. The first-order valence-electron chi connectivity index (χ1n) is 10.6. The smallest absolute Gasteiger partial charge is 0.270 e. The van der Waals surface area contributed by atoms with Gasteiger partial charge in [-0.05, 0) is 65.8 Å². The number of hydrogen-bond acceptors (Lipinski definition) is 7. The first-order chi connectivity index (χ1) is 17.7. The van der Waals surface area contributed by atoms with Crippen molar-refractivity contribution in [3.05, 3.63) is 97.8 Å². The third-order valence-electron chi connectivity index (χ3n) is 5.32. The van der Waals surface area contributed by atoms with Gasteiger partial charge >= 0.3 is 0 Å². The van der Waals surface area contributed by atoms with Crippen LogP contribution < -0.4 is 19.7 Å². The van der Waals surface area contributed by atoms with E-state index < -0.39 is 22.6 Å². The maximum absolute atomic E-state index is 14.4. The van der Waals surface area contributed by atoms with Crippen molar-refractivity contribution in [1.29, 1.82) is 0 Å². The number of carbonyl (C=O) groups excluding carboxylic acids is 2. The molecule has 0 spiro atoms. The van der Waals surface area contributed by atoms with Crippen molar-refractivity contribution in [3.63, 3.8) is 0 Å². The minimum absolute atomic E-state index is 0.0305. The molecule has 0 bridgehead atoms. The third-order valence-corrected chi connectivity index (χ3v) is 6.29. The van der Waals surface area contributed by atoms with Crippen LogP contribution in [-0.4, -0.2) is 29.0 Å². The highest BCUT2D eigenvalue weighted by molar-refractivity contribution is 9.10. The maximum atomic E-state index is 14.4. The number of hydrogen-bond donors (Lipinski definition) is 1. The number of halogens is 2. The number of nitro benzene ring substituents is 1. The minimum atomic E-state index is -0.789. The molecule has 0 saturated carbocycles. The molecule has 0 aliphatic carbocycles. The molecule has 0 radical (unpaired) electrons. The van der Waals surface area contributed by atoms with Crippen molar-refractivity contribution >= 4 is 62.5 Å². The lowest BCUT2D eigenvalue weighted by molar-refractivity contribution is -0.384. The van der Waals surface area contributed by atoms with Crippen LogP contribution in [0.5, 0.6) is 11.5 Å². The molecule has 9 nitrogen and oxygen atoms in total. The van der Waals surface area contributed by atoms with Crippen molar-refractivity contribution in [2.24, 2.45) is 0 Å². The van der Waals surface area contributed by atoms with Gasteiger partial charge in [-0.15, -0.1) is 0 Å². The summed E-state index contributed by atoms with van der Waals surface area (Å²) in [6, 6.07) is 14.7. The molecule has 0 unspecified atom stereocenters. The van der Waals surface area contributed by atoms with Gasteiger partial charge in [-0.25, -0.2) is 9.29 Å². The summed E-state index contributed by atoms with van der Waals surface area (Å²) in [6.45, 7) is 0.108. The number of anilines is 1. The molecule has 3 aromatic rings. The summed E-state index contributed by atoms with van der Waals surface area (Å²) in [6.07, 6.45) is 1.33. The summed E-state index contributed by atoms with van der Waals surface area (Å²) in [7, 11) is 1.43. The summed E-state index contributed by atoms with van der Waals surface area (Å²) in [5, 5.41) is 13.0. The van der Waals surface area contributed by atoms with E-state index in [-0.39, 0.29) is 28.7 Å². The molecule has 188 valence electrons. The number of methoxy groups -OCH3 is 1. The lowest BCUT2D eigenvalue weighted by Crippen LogP contribution is -2.54. The minimum Gasteiger partial charge on any atom is -0.493 e. The standard InChI is InChI=1S/C25H17BrFN3O6S/c1-35-21-11-15(18(26)12-22(21)36-13-14-6-8-16(9-7-14)30(33)34)10-17-23(31)28-25(37)29(24(17)32)20-5-3-2-4-19(20)27/h2-12H,13H2,1H3,(H,28,31,37)/b17-10+. The fourth-order valence-corrected chi connectivity index (χ4v) is 4.18. The molecular weight excluding hydrogens is 569 g/mol. The second-order valence-electron chi connectivity index (χ2n) is 7.65. The van der Waals surface area contributed by atoms with Crippen molar-refractivity contribution in [2.45, 2.75) is 6.61 Å². The topological polar surface area (TPSA) is 111 Å². The maximum Gasteiger partial charge on any atom is 0.270 e. The molecule has 1 saturated heterocycles. The van der Waals surface area contributed by atoms with Crippen molar-refractivity contribution in [3.8, 4) is 11.5 Å². The zero-order valence-electron chi connectivity index (χ0n) is 19.1. The predicted molar refractivity (Wildman–Crippen MR) is 141 cm³/mol. The molecule has 1 aliphatic rings. The van der Waals surface area contributed by atoms with Crippen molar-refractivity contribution in [2.75, 3.05) is 12.0 Å². The molecule has 2 amide bonds. The van der Waals surface area contributed by atoms with Crippen LogP contribution >= 0.6 is 28.1 Å². The van der Waals surface area contributed by atoms with Crippen molar-refractivity contribution < 1.29 is 28.4 Å². The molecule has 1 heterocycles. The van der Waals surface area contributed by atoms with Gasteiger partial charge in [-0.1, -0.05) is 28.1 Å². The molecule has 37 heavy (non-hydrogen) atoms. The Morgan fingerprint density at radius 3 is 2.49 bits per heavy atom. The van der Waals surface area contributed by atoms with Crippen LogP contribution in [0.1, 0.15) is 11.1 Å². The average molecular weight is 586 g/mol. The Kier molecular flexibility index (Phi) is 7.60. The van der Waals surface area contributed by atoms with Crippen LogP contribution in [-0.2, 0) is 16.2 Å².